The molecule has 0 radical (unpaired) electrons. The molecule has 0 aromatic heterocycles. The van der Waals surface area contributed by atoms with Crippen molar-refractivity contribution >= 4 is 5.91 Å². The van der Waals surface area contributed by atoms with Crippen LogP contribution in [0.4, 0.5) is 0 Å². The van der Waals surface area contributed by atoms with Crippen molar-refractivity contribution in [2.24, 2.45) is 0 Å². The van der Waals surface area contributed by atoms with Gasteiger partial charge in [-0.3, -0.25) is 4.79 Å². The molecule has 2 N–H and O–H groups in total. The minimum Gasteiger partial charge on any atom is -0.334 e. The minimum atomic E-state index is -0.190. The summed E-state index contributed by atoms with van der Waals surface area (Å²) in [5, 5.41) is 0. The molecule has 0 saturated carbocycles. The zero-order chi connectivity index (χ0) is 20.2. The lowest BCUT2D eigenvalue weighted by Gasteiger charge is -2.38. The van der Waals surface area contributed by atoms with Gasteiger partial charge >= 0.3 is 0 Å². The van der Waals surface area contributed by atoms with Crippen molar-refractivity contribution < 1.29 is 4.79 Å². The number of benzene rings is 2. The molecule has 2 unspecified atom stereocenters. The molecule has 5 heteroatoms. The van der Waals surface area contributed by atoms with Crippen LogP contribution in [-0.4, -0.2) is 47.9 Å². The number of hydrogen-bond acceptors (Lipinski definition) is 4. The van der Waals surface area contributed by atoms with Crippen molar-refractivity contribution in [1.29, 1.82) is 0 Å². The van der Waals surface area contributed by atoms with E-state index in [9.17, 15) is 4.79 Å². The molecular formula is C24H32N4O. The number of carbonyl (C=O) groups is 1. The third kappa shape index (κ3) is 4.86. The van der Waals surface area contributed by atoms with E-state index in [-0.39, 0.29) is 18.0 Å². The summed E-state index contributed by atoms with van der Waals surface area (Å²) in [7, 11) is 2.16. The van der Waals surface area contributed by atoms with E-state index in [1.54, 1.807) is 0 Å². The highest BCUT2D eigenvalue weighted by Crippen LogP contribution is 2.26. The molecule has 2 saturated heterocycles. The highest BCUT2D eigenvalue weighted by Gasteiger charge is 2.36. The van der Waals surface area contributed by atoms with Gasteiger partial charge in [-0.15, -0.1) is 0 Å². The highest BCUT2D eigenvalue weighted by atomic mass is 16.2. The molecule has 29 heavy (non-hydrogen) atoms. The zero-order valence-corrected chi connectivity index (χ0v) is 17.5. The number of rotatable bonds is 5. The minimum absolute atomic E-state index is 0.167. The molecule has 2 heterocycles. The lowest BCUT2D eigenvalue weighted by Crippen LogP contribution is -2.52. The van der Waals surface area contributed by atoms with E-state index < -0.39 is 0 Å². The van der Waals surface area contributed by atoms with Gasteiger partial charge in [-0.05, 0) is 57.5 Å². The van der Waals surface area contributed by atoms with Crippen molar-refractivity contribution in [3.8, 4) is 0 Å². The molecule has 5 nitrogen and oxygen atoms in total. The van der Waals surface area contributed by atoms with Crippen molar-refractivity contribution in [3.05, 3.63) is 71.3 Å². The Labute approximate surface area is 174 Å². The Kier molecular flexibility index (Phi) is 6.28. The first-order chi connectivity index (χ1) is 14.1. The van der Waals surface area contributed by atoms with Crippen LogP contribution in [0.2, 0.25) is 0 Å². The Morgan fingerprint density at radius 3 is 2.41 bits per heavy atom. The molecule has 0 spiro atoms. The molecule has 2 aliphatic heterocycles. The maximum absolute atomic E-state index is 13.6. The summed E-state index contributed by atoms with van der Waals surface area (Å²) in [4.78, 5) is 18.0. The maximum Gasteiger partial charge on any atom is 0.241 e. The monoisotopic (exact) mass is 392 g/mol. The third-order valence-electron chi connectivity index (χ3n) is 6.29. The third-order valence-corrected chi connectivity index (χ3v) is 6.29. The number of hydrogen-bond donors (Lipinski definition) is 2. The number of nitrogens with one attached hydrogen (secondary N) is 2. The number of piperidine rings is 1. The Morgan fingerprint density at radius 1 is 1.03 bits per heavy atom. The first kappa shape index (κ1) is 20.1. The van der Waals surface area contributed by atoms with Crippen LogP contribution in [0.25, 0.3) is 0 Å². The zero-order valence-electron chi connectivity index (χ0n) is 17.5. The van der Waals surface area contributed by atoms with Crippen molar-refractivity contribution in [3.63, 3.8) is 0 Å². The summed E-state index contributed by atoms with van der Waals surface area (Å²) in [6, 6.07) is 19.2. The number of nitrogens with zero attached hydrogens (tertiary/aromatic N) is 2. The summed E-state index contributed by atoms with van der Waals surface area (Å²) in [6.07, 6.45) is 2.85. The van der Waals surface area contributed by atoms with E-state index in [1.807, 2.05) is 6.07 Å². The second kappa shape index (κ2) is 9.08. The predicted octanol–water partition coefficient (Wildman–Crippen LogP) is 3.03. The lowest BCUT2D eigenvalue weighted by molar-refractivity contribution is -0.137. The number of carbonyl (C=O) groups excluding carboxylic acids is 1. The maximum atomic E-state index is 13.6. The van der Waals surface area contributed by atoms with Gasteiger partial charge in [0.1, 0.15) is 6.04 Å². The second-order valence-electron chi connectivity index (χ2n) is 8.53. The number of likely N-dealkylation sites (tertiary alicyclic amines) is 1. The number of amides is 1. The van der Waals surface area contributed by atoms with Gasteiger partial charge in [0.15, 0.2) is 0 Å². The van der Waals surface area contributed by atoms with Crippen molar-refractivity contribution in [1.82, 2.24) is 20.7 Å². The fourth-order valence-corrected chi connectivity index (χ4v) is 4.41. The Hall–Kier alpha value is -2.21. The Bertz CT molecular complexity index is 799. The number of hydrazine groups is 1. The fourth-order valence-electron chi connectivity index (χ4n) is 4.41. The normalized spacial score (nSPS) is 23.2. The molecule has 2 aromatic rings. The Morgan fingerprint density at radius 2 is 1.72 bits per heavy atom. The quantitative estimate of drug-likeness (QED) is 0.821. The second-order valence-corrected chi connectivity index (χ2v) is 8.53. The number of aryl methyl sites for hydroxylation is 1. The first-order valence-corrected chi connectivity index (χ1v) is 10.7. The summed E-state index contributed by atoms with van der Waals surface area (Å²) in [5.41, 5.74) is 10.3. The van der Waals surface area contributed by atoms with Crippen LogP contribution >= 0.6 is 0 Å². The average Bonchev–Trinajstić information content (AvgIpc) is 3.24. The standard InChI is InChI=1S/C24H32N4O/c1-18-8-10-20(11-9-18)22-16-23(26-25-22)24(29)28(17-19-6-4-3-5-7-19)21-12-14-27(2)15-13-21/h3-11,21-23,25-26H,12-17H2,1-2H3. The van der Waals surface area contributed by atoms with Crippen LogP contribution in [0.1, 0.15) is 42.0 Å². The molecule has 2 atom stereocenters. The fraction of sp³-hybridized carbons (Fsp3) is 0.458. The van der Waals surface area contributed by atoms with Gasteiger partial charge in [0.25, 0.3) is 0 Å². The lowest BCUT2D eigenvalue weighted by atomic mass is 9.98. The van der Waals surface area contributed by atoms with Crippen molar-refractivity contribution in [2.45, 2.75) is 50.9 Å². The SMILES string of the molecule is Cc1ccc(C2CC(C(=O)N(Cc3ccccc3)C3CCN(C)CC3)NN2)cc1. The molecule has 4 rings (SSSR count). The average molecular weight is 393 g/mol. The summed E-state index contributed by atoms with van der Waals surface area (Å²) >= 11 is 0. The van der Waals surface area contributed by atoms with E-state index >= 15 is 0 Å². The molecule has 1 amide bonds. The van der Waals surface area contributed by atoms with Gasteiger partial charge in [0.05, 0.1) is 0 Å². The first-order valence-electron chi connectivity index (χ1n) is 10.7. The molecule has 154 valence electrons. The van der Waals surface area contributed by atoms with Crippen LogP contribution in [0.3, 0.4) is 0 Å². The van der Waals surface area contributed by atoms with E-state index in [0.717, 1.165) is 32.4 Å². The molecule has 0 bridgehead atoms. The van der Waals surface area contributed by atoms with Crippen LogP contribution < -0.4 is 10.9 Å². The Balaban J connectivity index is 1.47. The van der Waals surface area contributed by atoms with E-state index in [4.69, 9.17) is 0 Å². The van der Waals surface area contributed by atoms with Crippen LogP contribution in [0.15, 0.2) is 54.6 Å². The topological polar surface area (TPSA) is 47.6 Å². The van der Waals surface area contributed by atoms with Gasteiger partial charge in [-0.25, -0.2) is 10.9 Å². The molecule has 2 aromatic carbocycles. The highest BCUT2D eigenvalue weighted by molar-refractivity contribution is 5.82. The summed E-state index contributed by atoms with van der Waals surface area (Å²) in [5.74, 6) is 0.213. The van der Waals surface area contributed by atoms with Gasteiger partial charge in [-0.1, -0.05) is 60.2 Å². The molecule has 2 fully saturated rings. The molecule has 0 aliphatic carbocycles. The smallest absolute Gasteiger partial charge is 0.241 e. The van der Waals surface area contributed by atoms with Gasteiger partial charge in [0.2, 0.25) is 5.91 Å². The van der Waals surface area contributed by atoms with E-state index in [2.05, 4.69) is 83.2 Å². The van der Waals surface area contributed by atoms with E-state index in [0.29, 0.717) is 12.6 Å². The largest absolute Gasteiger partial charge is 0.334 e. The van der Waals surface area contributed by atoms with Crippen LogP contribution in [0.5, 0.6) is 0 Å². The summed E-state index contributed by atoms with van der Waals surface area (Å²) < 4.78 is 0. The predicted molar refractivity (Wildman–Crippen MR) is 116 cm³/mol. The summed E-state index contributed by atoms with van der Waals surface area (Å²) in [6.45, 7) is 4.87. The molecule has 2 aliphatic rings. The van der Waals surface area contributed by atoms with Crippen LogP contribution in [0, 0.1) is 6.92 Å². The van der Waals surface area contributed by atoms with Gasteiger partial charge < -0.3 is 9.80 Å². The molecular weight excluding hydrogens is 360 g/mol. The van der Waals surface area contributed by atoms with Gasteiger partial charge in [-0.2, -0.15) is 0 Å². The van der Waals surface area contributed by atoms with E-state index in [1.165, 1.54) is 16.7 Å². The van der Waals surface area contributed by atoms with Crippen LogP contribution in [-0.2, 0) is 11.3 Å². The van der Waals surface area contributed by atoms with Gasteiger partial charge in [0, 0.05) is 18.6 Å². The van der Waals surface area contributed by atoms with Crippen molar-refractivity contribution in [2.75, 3.05) is 20.1 Å².